The first-order valence-electron chi connectivity index (χ1n) is 8.65. The highest BCUT2D eigenvalue weighted by atomic mass is 16.5. The summed E-state index contributed by atoms with van der Waals surface area (Å²) in [6, 6.07) is 18.5. The molecule has 0 aliphatic heterocycles. The van der Waals surface area contributed by atoms with Gasteiger partial charge in [-0.15, -0.1) is 0 Å². The first kappa shape index (κ1) is 19.7. The second-order valence-electron chi connectivity index (χ2n) is 5.99. The highest BCUT2D eigenvalue weighted by Crippen LogP contribution is 2.17. The van der Waals surface area contributed by atoms with Gasteiger partial charge in [0.25, 0.3) is 5.91 Å². The van der Waals surface area contributed by atoms with Crippen LogP contribution in [0.1, 0.15) is 30.1 Å². The SMILES string of the molecule is COC(=O)[C@@H](CCCc1ccccc1)NC(=O)[C@H](OC)c1ccccc1. The molecule has 0 aromatic heterocycles. The molecule has 0 saturated heterocycles. The number of aryl methyl sites for hydroxylation is 1. The lowest BCUT2D eigenvalue weighted by molar-refractivity contribution is -0.147. The van der Waals surface area contributed by atoms with Gasteiger partial charge in [0.2, 0.25) is 0 Å². The lowest BCUT2D eigenvalue weighted by Crippen LogP contribution is -2.44. The largest absolute Gasteiger partial charge is 0.467 e. The second-order valence-corrected chi connectivity index (χ2v) is 5.99. The number of methoxy groups -OCH3 is 2. The van der Waals surface area contributed by atoms with Crippen molar-refractivity contribution in [2.24, 2.45) is 0 Å². The number of rotatable bonds is 9. The molecule has 26 heavy (non-hydrogen) atoms. The van der Waals surface area contributed by atoms with Crippen LogP contribution in [0.4, 0.5) is 0 Å². The minimum atomic E-state index is -0.766. The van der Waals surface area contributed by atoms with Crippen molar-refractivity contribution in [1.82, 2.24) is 5.32 Å². The number of esters is 1. The summed E-state index contributed by atoms with van der Waals surface area (Å²) >= 11 is 0. The van der Waals surface area contributed by atoms with Crippen LogP contribution in [0.25, 0.3) is 0 Å². The fourth-order valence-electron chi connectivity index (χ4n) is 2.82. The molecule has 0 unspecified atom stereocenters. The van der Waals surface area contributed by atoms with Crippen LogP contribution in [0.3, 0.4) is 0 Å². The van der Waals surface area contributed by atoms with Crippen molar-refractivity contribution in [1.29, 1.82) is 0 Å². The first-order valence-corrected chi connectivity index (χ1v) is 8.65. The van der Waals surface area contributed by atoms with Gasteiger partial charge in [-0.3, -0.25) is 4.79 Å². The number of hydrogen-bond donors (Lipinski definition) is 1. The fourth-order valence-corrected chi connectivity index (χ4v) is 2.82. The highest BCUT2D eigenvalue weighted by Gasteiger charge is 2.26. The monoisotopic (exact) mass is 355 g/mol. The Balaban J connectivity index is 1.97. The Morgan fingerprint density at radius 3 is 2.15 bits per heavy atom. The Hall–Kier alpha value is -2.66. The van der Waals surface area contributed by atoms with Gasteiger partial charge >= 0.3 is 5.97 Å². The summed E-state index contributed by atoms with van der Waals surface area (Å²) in [5.74, 6) is -0.803. The zero-order valence-electron chi connectivity index (χ0n) is 15.2. The predicted octanol–water partition coefficient (Wildman–Crippen LogP) is 3.05. The van der Waals surface area contributed by atoms with Crippen LogP contribution in [0.5, 0.6) is 0 Å². The zero-order valence-corrected chi connectivity index (χ0v) is 15.2. The molecule has 2 aromatic rings. The highest BCUT2D eigenvalue weighted by molar-refractivity contribution is 5.87. The fraction of sp³-hybridized carbons (Fsp3) is 0.333. The lowest BCUT2D eigenvalue weighted by Gasteiger charge is -2.21. The number of benzene rings is 2. The molecule has 2 aromatic carbocycles. The molecular formula is C21H25NO4. The van der Waals surface area contributed by atoms with Crippen molar-refractivity contribution in [3.05, 3.63) is 71.8 Å². The second kappa shape index (κ2) is 10.4. The molecule has 1 N–H and O–H groups in total. The Kier molecular flexibility index (Phi) is 7.83. The number of carbonyl (C=O) groups excluding carboxylic acids is 2. The minimum absolute atomic E-state index is 0.353. The number of nitrogens with one attached hydrogen (secondary N) is 1. The molecule has 0 saturated carbocycles. The van der Waals surface area contributed by atoms with Crippen LogP contribution in [0.15, 0.2) is 60.7 Å². The van der Waals surface area contributed by atoms with Gasteiger partial charge in [-0.05, 0) is 30.4 Å². The third-order valence-corrected chi connectivity index (χ3v) is 4.18. The van der Waals surface area contributed by atoms with E-state index in [1.807, 2.05) is 60.7 Å². The maximum atomic E-state index is 12.6. The summed E-state index contributed by atoms with van der Waals surface area (Å²) in [4.78, 5) is 24.7. The molecular weight excluding hydrogens is 330 g/mol. The minimum Gasteiger partial charge on any atom is -0.467 e. The maximum absolute atomic E-state index is 12.6. The van der Waals surface area contributed by atoms with Crippen LogP contribution in [0.2, 0.25) is 0 Å². The molecule has 5 nitrogen and oxygen atoms in total. The quantitative estimate of drug-likeness (QED) is 0.702. The van der Waals surface area contributed by atoms with Crippen molar-refractivity contribution in [3.8, 4) is 0 Å². The summed E-state index contributed by atoms with van der Waals surface area (Å²) < 4.78 is 10.2. The number of amides is 1. The lowest BCUT2D eigenvalue weighted by atomic mass is 10.0. The first-order chi connectivity index (χ1) is 12.7. The van der Waals surface area contributed by atoms with E-state index in [4.69, 9.17) is 9.47 Å². The van der Waals surface area contributed by atoms with Gasteiger partial charge in [0.05, 0.1) is 7.11 Å². The number of ether oxygens (including phenoxy) is 2. The van der Waals surface area contributed by atoms with Crippen LogP contribution in [-0.2, 0) is 25.5 Å². The molecule has 0 bridgehead atoms. The predicted molar refractivity (Wildman–Crippen MR) is 99.5 cm³/mol. The standard InChI is InChI=1S/C21H25NO4/c1-25-19(17-13-7-4-8-14-17)20(23)22-18(21(24)26-2)15-9-12-16-10-5-3-6-11-16/h3-8,10-11,13-14,18-19H,9,12,15H2,1-2H3,(H,22,23)/t18-,19-/m1/s1. The summed E-state index contributed by atoms with van der Waals surface area (Å²) in [5.41, 5.74) is 1.93. The number of hydrogen-bond acceptors (Lipinski definition) is 4. The van der Waals surface area contributed by atoms with Crippen molar-refractivity contribution < 1.29 is 19.1 Å². The average Bonchev–Trinajstić information content (AvgIpc) is 2.69. The van der Waals surface area contributed by atoms with Crippen LogP contribution < -0.4 is 5.32 Å². The van der Waals surface area contributed by atoms with E-state index in [0.29, 0.717) is 6.42 Å². The molecule has 1 amide bonds. The summed E-state index contributed by atoms with van der Waals surface area (Å²) in [5, 5.41) is 2.77. The molecule has 0 spiro atoms. The van der Waals surface area contributed by atoms with E-state index in [2.05, 4.69) is 5.32 Å². The molecule has 0 aliphatic rings. The van der Waals surface area contributed by atoms with Crippen molar-refractivity contribution >= 4 is 11.9 Å². The molecule has 0 radical (unpaired) electrons. The molecule has 138 valence electrons. The van der Waals surface area contributed by atoms with Gasteiger partial charge in [0.15, 0.2) is 6.10 Å². The topological polar surface area (TPSA) is 64.6 Å². The van der Waals surface area contributed by atoms with E-state index in [-0.39, 0.29) is 5.91 Å². The van der Waals surface area contributed by atoms with Gasteiger partial charge in [-0.1, -0.05) is 60.7 Å². The summed E-state index contributed by atoms with van der Waals surface area (Å²) in [6.07, 6.45) is 1.32. The van der Waals surface area contributed by atoms with E-state index in [9.17, 15) is 9.59 Å². The van der Waals surface area contributed by atoms with Gasteiger partial charge in [-0.2, -0.15) is 0 Å². The van der Waals surface area contributed by atoms with Crippen molar-refractivity contribution in [2.45, 2.75) is 31.4 Å². The van der Waals surface area contributed by atoms with Gasteiger partial charge in [0.1, 0.15) is 6.04 Å². The normalized spacial score (nSPS) is 12.8. The number of carbonyl (C=O) groups is 2. The van der Waals surface area contributed by atoms with E-state index in [0.717, 1.165) is 18.4 Å². The average molecular weight is 355 g/mol. The van der Waals surface area contributed by atoms with E-state index in [1.54, 1.807) is 0 Å². The summed E-state index contributed by atoms with van der Waals surface area (Å²) in [7, 11) is 2.80. The van der Waals surface area contributed by atoms with Crippen LogP contribution in [0, 0.1) is 0 Å². The van der Waals surface area contributed by atoms with Crippen molar-refractivity contribution in [2.75, 3.05) is 14.2 Å². The molecule has 2 atom stereocenters. The van der Waals surface area contributed by atoms with Crippen molar-refractivity contribution in [3.63, 3.8) is 0 Å². The Bertz CT molecular complexity index is 688. The van der Waals surface area contributed by atoms with Crippen LogP contribution >= 0.6 is 0 Å². The van der Waals surface area contributed by atoms with E-state index in [1.165, 1.54) is 19.8 Å². The molecule has 0 aliphatic carbocycles. The third-order valence-electron chi connectivity index (χ3n) is 4.18. The van der Waals surface area contributed by atoms with E-state index >= 15 is 0 Å². The van der Waals surface area contributed by atoms with Gasteiger partial charge in [0, 0.05) is 7.11 Å². The Labute approximate surface area is 154 Å². The van der Waals surface area contributed by atoms with Crippen LogP contribution in [-0.4, -0.2) is 32.1 Å². The maximum Gasteiger partial charge on any atom is 0.328 e. The molecule has 0 fully saturated rings. The van der Waals surface area contributed by atoms with Gasteiger partial charge < -0.3 is 14.8 Å². The Morgan fingerprint density at radius 2 is 1.58 bits per heavy atom. The molecule has 0 heterocycles. The van der Waals surface area contributed by atoms with E-state index < -0.39 is 18.1 Å². The Morgan fingerprint density at radius 1 is 0.962 bits per heavy atom. The summed E-state index contributed by atoms with van der Waals surface area (Å²) in [6.45, 7) is 0. The smallest absolute Gasteiger partial charge is 0.328 e. The molecule has 5 heteroatoms. The third kappa shape index (κ3) is 5.70. The molecule has 2 rings (SSSR count). The van der Waals surface area contributed by atoms with Gasteiger partial charge in [-0.25, -0.2) is 4.79 Å². The zero-order chi connectivity index (χ0) is 18.8.